The van der Waals surface area contributed by atoms with Gasteiger partial charge in [-0.1, -0.05) is 0 Å². The fourth-order valence-corrected chi connectivity index (χ4v) is 3.59. The van der Waals surface area contributed by atoms with E-state index in [1.807, 2.05) is 55.0 Å². The molecule has 0 aliphatic rings. The molecule has 0 aliphatic heterocycles. The first kappa shape index (κ1) is 15.6. The van der Waals surface area contributed by atoms with E-state index in [9.17, 15) is 0 Å². The fraction of sp³-hybridized carbons (Fsp3) is 0.222. The lowest BCUT2D eigenvalue weighted by molar-refractivity contribution is 0.624. The van der Waals surface area contributed by atoms with Crippen LogP contribution < -0.4 is 5.73 Å². The number of nitrogens with zero attached hydrogens (tertiary/aromatic N) is 3. The third kappa shape index (κ3) is 4.86. The lowest BCUT2D eigenvalue weighted by Crippen LogP contribution is -2.13. The maximum Gasteiger partial charge on any atom is 0.0946 e. The molecule has 1 aromatic carbocycles. The Labute approximate surface area is 140 Å². The molecule has 0 saturated heterocycles. The molecule has 23 heavy (non-hydrogen) atoms. The SMILES string of the molecule is Nc1ccc(SC(CCc2ccncc2)Cn2ccnc2)cc1. The molecular weight excluding hydrogens is 304 g/mol. The number of hydrogen-bond donors (Lipinski definition) is 1. The summed E-state index contributed by atoms with van der Waals surface area (Å²) in [5, 5.41) is 0.473. The van der Waals surface area contributed by atoms with Crippen LogP contribution >= 0.6 is 11.8 Å². The Morgan fingerprint density at radius 3 is 2.48 bits per heavy atom. The van der Waals surface area contributed by atoms with Crippen LogP contribution in [0.25, 0.3) is 0 Å². The Morgan fingerprint density at radius 1 is 1.00 bits per heavy atom. The van der Waals surface area contributed by atoms with Crippen molar-refractivity contribution >= 4 is 17.4 Å². The molecule has 0 amide bonds. The maximum atomic E-state index is 5.77. The van der Waals surface area contributed by atoms with Crippen molar-refractivity contribution in [1.82, 2.24) is 14.5 Å². The van der Waals surface area contributed by atoms with Crippen molar-refractivity contribution in [2.24, 2.45) is 0 Å². The second-order valence-electron chi connectivity index (χ2n) is 5.46. The first-order valence-corrected chi connectivity index (χ1v) is 8.54. The Kier molecular flexibility index (Phi) is 5.32. The van der Waals surface area contributed by atoms with Crippen molar-refractivity contribution in [3.05, 3.63) is 73.1 Å². The van der Waals surface area contributed by atoms with Gasteiger partial charge in [0.05, 0.1) is 6.33 Å². The van der Waals surface area contributed by atoms with E-state index in [-0.39, 0.29) is 0 Å². The highest BCUT2D eigenvalue weighted by atomic mass is 32.2. The topological polar surface area (TPSA) is 56.7 Å². The smallest absolute Gasteiger partial charge is 0.0946 e. The highest BCUT2D eigenvalue weighted by Crippen LogP contribution is 2.28. The van der Waals surface area contributed by atoms with Gasteiger partial charge >= 0.3 is 0 Å². The molecular formula is C18H20N4S. The molecule has 0 bridgehead atoms. The van der Waals surface area contributed by atoms with Crippen LogP contribution in [0.15, 0.2) is 72.4 Å². The molecule has 2 heterocycles. The predicted octanol–water partition coefficient (Wildman–Crippen LogP) is 3.65. The summed E-state index contributed by atoms with van der Waals surface area (Å²) in [6.45, 7) is 0.945. The van der Waals surface area contributed by atoms with Gasteiger partial charge in [-0.3, -0.25) is 4.98 Å². The number of aryl methyl sites for hydroxylation is 1. The van der Waals surface area contributed by atoms with Crippen LogP contribution in [0.3, 0.4) is 0 Å². The van der Waals surface area contributed by atoms with E-state index >= 15 is 0 Å². The number of imidazole rings is 1. The lowest BCUT2D eigenvalue weighted by Gasteiger charge is -2.17. The van der Waals surface area contributed by atoms with E-state index in [0.717, 1.165) is 25.1 Å². The monoisotopic (exact) mass is 324 g/mol. The highest BCUT2D eigenvalue weighted by Gasteiger charge is 2.12. The Morgan fingerprint density at radius 2 is 1.78 bits per heavy atom. The lowest BCUT2D eigenvalue weighted by atomic mass is 10.1. The number of pyridine rings is 1. The number of benzene rings is 1. The van der Waals surface area contributed by atoms with Crippen molar-refractivity contribution in [3.8, 4) is 0 Å². The molecule has 1 atom stereocenters. The summed E-state index contributed by atoms with van der Waals surface area (Å²) in [4.78, 5) is 9.47. The van der Waals surface area contributed by atoms with Crippen molar-refractivity contribution in [2.45, 2.75) is 29.5 Å². The zero-order valence-corrected chi connectivity index (χ0v) is 13.7. The van der Waals surface area contributed by atoms with E-state index < -0.39 is 0 Å². The van der Waals surface area contributed by atoms with Crippen molar-refractivity contribution in [3.63, 3.8) is 0 Å². The largest absolute Gasteiger partial charge is 0.399 e. The molecule has 3 rings (SSSR count). The molecule has 0 saturated carbocycles. The van der Waals surface area contributed by atoms with Gasteiger partial charge in [-0.05, 0) is 54.8 Å². The van der Waals surface area contributed by atoms with Crippen molar-refractivity contribution in [2.75, 3.05) is 5.73 Å². The first-order chi connectivity index (χ1) is 11.3. The second-order valence-corrected chi connectivity index (χ2v) is 6.84. The minimum Gasteiger partial charge on any atom is -0.399 e. The summed E-state index contributed by atoms with van der Waals surface area (Å²) in [7, 11) is 0. The summed E-state index contributed by atoms with van der Waals surface area (Å²) in [5.74, 6) is 0. The molecule has 3 aromatic rings. The number of rotatable bonds is 7. The van der Waals surface area contributed by atoms with Gasteiger partial charge in [0, 0.05) is 47.2 Å². The maximum absolute atomic E-state index is 5.77. The van der Waals surface area contributed by atoms with Crippen LogP contribution in [0.4, 0.5) is 5.69 Å². The summed E-state index contributed by atoms with van der Waals surface area (Å²) in [5.41, 5.74) is 7.90. The quantitative estimate of drug-likeness (QED) is 0.532. The number of hydrogen-bond acceptors (Lipinski definition) is 4. The van der Waals surface area contributed by atoms with E-state index in [2.05, 4.69) is 38.8 Å². The van der Waals surface area contributed by atoms with E-state index in [4.69, 9.17) is 5.73 Å². The summed E-state index contributed by atoms with van der Waals surface area (Å²) in [6.07, 6.45) is 11.6. The zero-order chi connectivity index (χ0) is 15.9. The number of nitrogen functional groups attached to an aromatic ring is 1. The van der Waals surface area contributed by atoms with Gasteiger partial charge in [-0.25, -0.2) is 4.98 Å². The fourth-order valence-electron chi connectivity index (χ4n) is 2.43. The highest BCUT2D eigenvalue weighted by molar-refractivity contribution is 8.00. The minimum atomic E-state index is 0.473. The van der Waals surface area contributed by atoms with Gasteiger partial charge in [0.2, 0.25) is 0 Å². The number of aromatic nitrogens is 3. The number of nitrogens with two attached hydrogens (primary N) is 1. The Balaban J connectivity index is 1.66. The number of anilines is 1. The third-order valence-electron chi connectivity index (χ3n) is 3.66. The van der Waals surface area contributed by atoms with Crippen LogP contribution in [0.5, 0.6) is 0 Å². The first-order valence-electron chi connectivity index (χ1n) is 7.66. The van der Waals surface area contributed by atoms with Gasteiger partial charge in [0.15, 0.2) is 0 Å². The summed E-state index contributed by atoms with van der Waals surface area (Å²) >= 11 is 1.90. The molecule has 0 fully saturated rings. The summed E-state index contributed by atoms with van der Waals surface area (Å²) < 4.78 is 2.14. The molecule has 2 N–H and O–H groups in total. The molecule has 0 spiro atoms. The van der Waals surface area contributed by atoms with Gasteiger partial charge in [0.1, 0.15) is 0 Å². The van der Waals surface area contributed by atoms with Crippen LogP contribution in [0, 0.1) is 0 Å². The Hall–Kier alpha value is -2.27. The van der Waals surface area contributed by atoms with E-state index in [0.29, 0.717) is 5.25 Å². The standard InChI is InChI=1S/C18H20N4S/c19-16-2-5-17(6-3-16)23-18(13-22-12-11-21-14-22)4-1-15-7-9-20-10-8-15/h2-3,5-12,14,18H,1,4,13,19H2. The Bertz CT molecular complexity index is 696. The zero-order valence-electron chi connectivity index (χ0n) is 12.9. The van der Waals surface area contributed by atoms with Crippen LogP contribution in [-0.4, -0.2) is 19.8 Å². The molecule has 5 heteroatoms. The minimum absolute atomic E-state index is 0.473. The van der Waals surface area contributed by atoms with E-state index in [1.54, 1.807) is 0 Å². The average Bonchev–Trinajstić information content (AvgIpc) is 3.09. The van der Waals surface area contributed by atoms with Crippen LogP contribution in [0.1, 0.15) is 12.0 Å². The normalized spacial score (nSPS) is 12.2. The molecule has 4 nitrogen and oxygen atoms in total. The predicted molar refractivity (Wildman–Crippen MR) is 95.3 cm³/mol. The van der Waals surface area contributed by atoms with E-state index in [1.165, 1.54) is 10.5 Å². The van der Waals surface area contributed by atoms with Crippen LogP contribution in [0.2, 0.25) is 0 Å². The third-order valence-corrected chi connectivity index (χ3v) is 4.92. The van der Waals surface area contributed by atoms with Crippen molar-refractivity contribution in [1.29, 1.82) is 0 Å². The second kappa shape index (κ2) is 7.83. The average molecular weight is 324 g/mol. The molecule has 2 aromatic heterocycles. The van der Waals surface area contributed by atoms with Crippen molar-refractivity contribution < 1.29 is 0 Å². The van der Waals surface area contributed by atoms with Gasteiger partial charge < -0.3 is 10.3 Å². The number of thioether (sulfide) groups is 1. The molecule has 118 valence electrons. The molecule has 1 unspecified atom stereocenters. The van der Waals surface area contributed by atoms with Gasteiger partial charge in [-0.2, -0.15) is 0 Å². The van der Waals surface area contributed by atoms with Gasteiger partial charge in [0.25, 0.3) is 0 Å². The molecule has 0 radical (unpaired) electrons. The van der Waals surface area contributed by atoms with Crippen LogP contribution in [-0.2, 0) is 13.0 Å². The van der Waals surface area contributed by atoms with Gasteiger partial charge in [-0.15, -0.1) is 11.8 Å². The molecule has 0 aliphatic carbocycles. The summed E-state index contributed by atoms with van der Waals surface area (Å²) in [6, 6.07) is 12.3.